The number of aryl methyl sites for hydroxylation is 2. The van der Waals surface area contributed by atoms with E-state index in [4.69, 9.17) is 4.74 Å². The van der Waals surface area contributed by atoms with Gasteiger partial charge < -0.3 is 10.1 Å². The molecular formula is C13H19NO2Y. The van der Waals surface area contributed by atoms with Crippen LogP contribution in [0.3, 0.4) is 0 Å². The van der Waals surface area contributed by atoms with Gasteiger partial charge in [-0.2, -0.15) is 0 Å². The molecule has 0 saturated carbocycles. The van der Waals surface area contributed by atoms with E-state index in [9.17, 15) is 4.79 Å². The van der Waals surface area contributed by atoms with Crippen LogP contribution in [0.15, 0.2) is 12.1 Å². The van der Waals surface area contributed by atoms with Crippen LogP contribution in [-0.2, 0) is 37.5 Å². The molecule has 0 aliphatic heterocycles. The first-order valence-corrected chi connectivity index (χ1v) is 5.41. The van der Waals surface area contributed by atoms with Crippen molar-refractivity contribution in [2.75, 3.05) is 12.4 Å². The Morgan fingerprint density at radius 1 is 1.24 bits per heavy atom. The molecule has 4 heteroatoms. The van der Waals surface area contributed by atoms with Crippen molar-refractivity contribution < 1.29 is 42.2 Å². The van der Waals surface area contributed by atoms with Gasteiger partial charge in [0.05, 0.1) is 7.11 Å². The molecular weight excluding hydrogens is 291 g/mol. The number of hydrogen-bond donors (Lipinski definition) is 1. The number of amides is 1. The molecule has 17 heavy (non-hydrogen) atoms. The summed E-state index contributed by atoms with van der Waals surface area (Å²) in [5.41, 5.74) is 2.93. The first-order chi connectivity index (χ1) is 7.45. The molecule has 1 N–H and O–H groups in total. The van der Waals surface area contributed by atoms with Crippen molar-refractivity contribution in [3.8, 4) is 5.75 Å². The Bertz CT molecular complexity index is 379. The molecule has 3 nitrogen and oxygen atoms in total. The topological polar surface area (TPSA) is 38.3 Å². The molecule has 0 spiro atoms. The average molecular weight is 310 g/mol. The molecule has 0 aliphatic rings. The predicted molar refractivity (Wildman–Crippen MR) is 65.9 cm³/mol. The number of ether oxygens (including phenoxy) is 1. The zero-order valence-electron chi connectivity index (χ0n) is 11.1. The zero-order chi connectivity index (χ0) is 12.3. The Balaban J connectivity index is 0.00000256. The molecule has 1 radical (unpaired) electrons. The Kier molecular flexibility index (Phi) is 6.95. The molecule has 1 aromatic carbocycles. The molecule has 0 saturated heterocycles. The van der Waals surface area contributed by atoms with Crippen LogP contribution in [0.4, 0.5) is 5.69 Å². The number of methoxy groups -OCH3 is 1. The average Bonchev–Trinajstić information content (AvgIpc) is 2.22. The summed E-state index contributed by atoms with van der Waals surface area (Å²) in [6, 6.07) is 3.84. The van der Waals surface area contributed by atoms with Crippen molar-refractivity contribution in [1.29, 1.82) is 0 Å². The zero-order valence-corrected chi connectivity index (χ0v) is 14.0. The second-order valence-corrected chi connectivity index (χ2v) is 4.28. The number of carbonyl (C=O) groups excluding carboxylic acids is 1. The molecule has 0 unspecified atom stereocenters. The fourth-order valence-corrected chi connectivity index (χ4v) is 1.51. The van der Waals surface area contributed by atoms with Crippen molar-refractivity contribution >= 4 is 11.6 Å². The van der Waals surface area contributed by atoms with E-state index in [0.717, 1.165) is 22.6 Å². The predicted octanol–water partition coefficient (Wildman–Crippen LogP) is 2.90. The fourth-order valence-electron chi connectivity index (χ4n) is 1.51. The van der Waals surface area contributed by atoms with Crippen molar-refractivity contribution in [2.24, 2.45) is 5.92 Å². The molecule has 1 amide bonds. The SMILES string of the molecule is COc1cc(C)c(NC(=O)C(C)C)c(C)c1.[Y]. The molecule has 0 heterocycles. The van der Waals surface area contributed by atoms with Crippen molar-refractivity contribution in [3.05, 3.63) is 23.3 Å². The van der Waals surface area contributed by atoms with Crippen LogP contribution in [0, 0.1) is 19.8 Å². The molecule has 0 bridgehead atoms. The molecule has 1 aromatic rings. The van der Waals surface area contributed by atoms with E-state index in [0.29, 0.717) is 0 Å². The second-order valence-electron chi connectivity index (χ2n) is 4.28. The van der Waals surface area contributed by atoms with E-state index >= 15 is 0 Å². The molecule has 0 aliphatic carbocycles. The summed E-state index contributed by atoms with van der Waals surface area (Å²) < 4.78 is 5.17. The maximum Gasteiger partial charge on any atom is 0.226 e. The maximum absolute atomic E-state index is 11.6. The monoisotopic (exact) mass is 310 g/mol. The Hall–Kier alpha value is -0.406. The minimum absolute atomic E-state index is 0. The van der Waals surface area contributed by atoms with Gasteiger partial charge in [-0.15, -0.1) is 0 Å². The first-order valence-electron chi connectivity index (χ1n) is 5.41. The van der Waals surface area contributed by atoms with E-state index < -0.39 is 0 Å². The fraction of sp³-hybridized carbons (Fsp3) is 0.462. The van der Waals surface area contributed by atoms with E-state index in [-0.39, 0.29) is 44.5 Å². The Labute approximate surface area is 128 Å². The normalized spacial score (nSPS) is 9.76. The van der Waals surface area contributed by atoms with E-state index in [1.165, 1.54) is 0 Å². The van der Waals surface area contributed by atoms with Crippen LogP contribution in [0.25, 0.3) is 0 Å². The van der Waals surface area contributed by atoms with Gasteiger partial charge in [-0.1, -0.05) is 13.8 Å². The minimum atomic E-state index is -0.0131. The summed E-state index contributed by atoms with van der Waals surface area (Å²) in [4.78, 5) is 11.6. The number of benzene rings is 1. The van der Waals surface area contributed by atoms with Gasteiger partial charge in [-0.05, 0) is 37.1 Å². The van der Waals surface area contributed by atoms with Gasteiger partial charge in [0.15, 0.2) is 0 Å². The molecule has 91 valence electrons. The molecule has 1 rings (SSSR count). The first kappa shape index (κ1) is 16.6. The van der Waals surface area contributed by atoms with E-state index in [1.54, 1.807) is 7.11 Å². The van der Waals surface area contributed by atoms with Gasteiger partial charge >= 0.3 is 0 Å². The summed E-state index contributed by atoms with van der Waals surface area (Å²) in [7, 11) is 1.64. The second kappa shape index (κ2) is 7.12. The van der Waals surface area contributed by atoms with Crippen LogP contribution >= 0.6 is 0 Å². The minimum Gasteiger partial charge on any atom is -0.497 e. The maximum atomic E-state index is 11.6. The van der Waals surface area contributed by atoms with Crippen LogP contribution in [0.5, 0.6) is 5.75 Å². The number of anilines is 1. The van der Waals surface area contributed by atoms with Crippen molar-refractivity contribution in [1.82, 2.24) is 0 Å². The van der Waals surface area contributed by atoms with E-state index in [2.05, 4.69) is 5.32 Å². The molecule has 0 fully saturated rings. The summed E-state index contributed by atoms with van der Waals surface area (Å²) in [6.45, 7) is 7.68. The number of carbonyl (C=O) groups is 1. The smallest absolute Gasteiger partial charge is 0.226 e. The quantitative estimate of drug-likeness (QED) is 0.932. The molecule has 0 aromatic heterocycles. The van der Waals surface area contributed by atoms with Gasteiger partial charge in [0.2, 0.25) is 5.91 Å². The summed E-state index contributed by atoms with van der Waals surface area (Å²) in [5, 5.41) is 2.93. The van der Waals surface area contributed by atoms with Gasteiger partial charge in [0.25, 0.3) is 0 Å². The number of hydrogen-bond acceptors (Lipinski definition) is 2. The van der Waals surface area contributed by atoms with Crippen molar-refractivity contribution in [2.45, 2.75) is 27.7 Å². The Morgan fingerprint density at radius 3 is 2.06 bits per heavy atom. The van der Waals surface area contributed by atoms with E-state index in [1.807, 2.05) is 39.8 Å². The Morgan fingerprint density at radius 2 is 1.71 bits per heavy atom. The van der Waals surface area contributed by atoms with Gasteiger partial charge in [-0.25, -0.2) is 0 Å². The van der Waals surface area contributed by atoms with Crippen molar-refractivity contribution in [3.63, 3.8) is 0 Å². The van der Waals surface area contributed by atoms with Gasteiger partial charge in [-0.3, -0.25) is 4.79 Å². The number of rotatable bonds is 3. The van der Waals surface area contributed by atoms with Crippen LogP contribution < -0.4 is 10.1 Å². The molecule has 0 atom stereocenters. The van der Waals surface area contributed by atoms with Gasteiger partial charge in [0.1, 0.15) is 5.75 Å². The standard InChI is InChI=1S/C13H19NO2.Y/c1-8(2)13(15)14-12-9(3)6-11(16-5)7-10(12)4;/h6-8H,1-5H3,(H,14,15);. The largest absolute Gasteiger partial charge is 0.497 e. The third-order valence-corrected chi connectivity index (χ3v) is 2.51. The third-order valence-electron chi connectivity index (χ3n) is 2.51. The van der Waals surface area contributed by atoms with Crippen LogP contribution in [0.1, 0.15) is 25.0 Å². The number of nitrogens with one attached hydrogen (secondary N) is 1. The summed E-state index contributed by atoms with van der Waals surface area (Å²) in [5.74, 6) is 0.842. The summed E-state index contributed by atoms with van der Waals surface area (Å²) in [6.07, 6.45) is 0. The van der Waals surface area contributed by atoms with Crippen LogP contribution in [0.2, 0.25) is 0 Å². The van der Waals surface area contributed by atoms with Crippen LogP contribution in [-0.4, -0.2) is 13.0 Å². The summed E-state index contributed by atoms with van der Waals surface area (Å²) >= 11 is 0. The third kappa shape index (κ3) is 4.40. The van der Waals surface area contributed by atoms with Gasteiger partial charge in [0, 0.05) is 44.3 Å².